The maximum atomic E-state index is 4.19. The third-order valence-electron chi connectivity index (χ3n) is 4.12. The molecule has 2 nitrogen and oxygen atoms in total. The van der Waals surface area contributed by atoms with Gasteiger partial charge in [-0.3, -0.25) is 9.88 Å². The fourth-order valence-corrected chi connectivity index (χ4v) is 3.10. The van der Waals surface area contributed by atoms with Crippen LogP contribution < -0.4 is 0 Å². The highest BCUT2D eigenvalue weighted by atomic mass is 15.2. The molecule has 2 heterocycles. The highest BCUT2D eigenvalue weighted by Gasteiger charge is 2.45. The van der Waals surface area contributed by atoms with E-state index in [4.69, 9.17) is 0 Å². The van der Waals surface area contributed by atoms with Gasteiger partial charge in [-0.25, -0.2) is 0 Å². The van der Waals surface area contributed by atoms with E-state index >= 15 is 0 Å². The lowest BCUT2D eigenvalue weighted by Gasteiger charge is -2.46. The molecule has 1 aliphatic carbocycles. The second-order valence-electron chi connectivity index (χ2n) is 4.96. The van der Waals surface area contributed by atoms with Crippen LogP contribution in [0.3, 0.4) is 0 Å². The lowest BCUT2D eigenvalue weighted by atomic mass is 9.75. The van der Waals surface area contributed by atoms with Gasteiger partial charge in [-0.2, -0.15) is 0 Å². The highest BCUT2D eigenvalue weighted by molar-refractivity contribution is 5.11. The van der Waals surface area contributed by atoms with Gasteiger partial charge in [0, 0.05) is 24.5 Å². The van der Waals surface area contributed by atoms with Gasteiger partial charge >= 0.3 is 0 Å². The highest BCUT2D eigenvalue weighted by Crippen LogP contribution is 2.45. The molecule has 0 unspecified atom stereocenters. The molecule has 1 aromatic rings. The topological polar surface area (TPSA) is 16.1 Å². The van der Waals surface area contributed by atoms with E-state index in [1.54, 1.807) is 0 Å². The molecule has 2 aliphatic rings. The van der Waals surface area contributed by atoms with Gasteiger partial charge in [0.05, 0.1) is 0 Å². The second-order valence-corrected chi connectivity index (χ2v) is 4.96. The number of likely N-dealkylation sites (tertiary alicyclic amines) is 1. The Hall–Kier alpha value is -0.890. The van der Waals surface area contributed by atoms with Crippen LogP contribution in [0.2, 0.25) is 0 Å². The summed E-state index contributed by atoms with van der Waals surface area (Å²) in [5.41, 5.74) is 1.96. The summed E-state index contributed by atoms with van der Waals surface area (Å²) in [6.07, 6.45) is 11.0. The van der Waals surface area contributed by atoms with Crippen LogP contribution >= 0.6 is 0 Å². The molecule has 2 fully saturated rings. The normalized spacial score (nSPS) is 24.3. The molecular weight excluding hydrogens is 184 g/mol. The van der Waals surface area contributed by atoms with Crippen molar-refractivity contribution in [1.29, 1.82) is 0 Å². The Morgan fingerprint density at radius 2 is 2.13 bits per heavy atom. The molecule has 1 spiro atoms. The minimum atomic E-state index is 0.593. The van der Waals surface area contributed by atoms with Crippen LogP contribution in [0.5, 0.6) is 0 Å². The monoisotopic (exact) mass is 202 g/mol. The van der Waals surface area contributed by atoms with Crippen molar-refractivity contribution in [2.45, 2.75) is 44.2 Å². The molecule has 0 radical (unpaired) electrons. The largest absolute Gasteiger partial charge is 0.293 e. The molecule has 2 heteroatoms. The molecule has 1 aliphatic heterocycles. The first-order valence-corrected chi connectivity index (χ1v) is 6.03. The van der Waals surface area contributed by atoms with Gasteiger partial charge in [0.15, 0.2) is 0 Å². The van der Waals surface area contributed by atoms with Crippen molar-refractivity contribution in [3.63, 3.8) is 0 Å². The molecule has 1 saturated heterocycles. The molecule has 15 heavy (non-hydrogen) atoms. The first-order valence-electron chi connectivity index (χ1n) is 6.03. The lowest BCUT2D eigenvalue weighted by molar-refractivity contribution is 0.0495. The number of hydrogen-bond acceptors (Lipinski definition) is 2. The maximum Gasteiger partial charge on any atom is 0.0312 e. The summed E-state index contributed by atoms with van der Waals surface area (Å²) in [6.45, 7) is 2.39. The number of hydrogen-bond donors (Lipinski definition) is 0. The Kier molecular flexibility index (Phi) is 2.24. The average molecular weight is 202 g/mol. The van der Waals surface area contributed by atoms with Crippen LogP contribution in [0, 0.1) is 0 Å². The van der Waals surface area contributed by atoms with Crippen molar-refractivity contribution in [3.8, 4) is 0 Å². The van der Waals surface area contributed by atoms with E-state index in [0.29, 0.717) is 5.54 Å². The third kappa shape index (κ3) is 1.57. The van der Waals surface area contributed by atoms with Crippen LogP contribution in [-0.4, -0.2) is 22.0 Å². The van der Waals surface area contributed by atoms with E-state index in [0.717, 1.165) is 6.54 Å². The zero-order valence-corrected chi connectivity index (χ0v) is 9.15. The fraction of sp³-hybridized carbons (Fsp3) is 0.615. The van der Waals surface area contributed by atoms with Crippen molar-refractivity contribution in [2.75, 3.05) is 6.54 Å². The Morgan fingerprint density at radius 3 is 2.80 bits per heavy atom. The van der Waals surface area contributed by atoms with Gasteiger partial charge in [-0.05, 0) is 50.3 Å². The van der Waals surface area contributed by atoms with E-state index in [2.05, 4.69) is 16.0 Å². The van der Waals surface area contributed by atoms with Crippen molar-refractivity contribution in [3.05, 3.63) is 30.1 Å². The van der Waals surface area contributed by atoms with Crippen molar-refractivity contribution in [2.24, 2.45) is 0 Å². The number of nitrogens with zero attached hydrogens (tertiary/aromatic N) is 2. The van der Waals surface area contributed by atoms with Gasteiger partial charge in [-0.15, -0.1) is 0 Å². The van der Waals surface area contributed by atoms with Crippen molar-refractivity contribution in [1.82, 2.24) is 9.88 Å². The van der Waals surface area contributed by atoms with Gasteiger partial charge in [-0.1, -0.05) is 6.07 Å². The molecule has 1 saturated carbocycles. The van der Waals surface area contributed by atoms with Crippen LogP contribution in [0.1, 0.15) is 37.7 Å². The summed E-state index contributed by atoms with van der Waals surface area (Å²) >= 11 is 0. The van der Waals surface area contributed by atoms with Gasteiger partial charge < -0.3 is 0 Å². The second kappa shape index (κ2) is 3.60. The predicted octanol–water partition coefficient (Wildman–Crippen LogP) is 2.60. The van der Waals surface area contributed by atoms with Gasteiger partial charge in [0.1, 0.15) is 0 Å². The molecule has 0 N–H and O–H groups in total. The average Bonchev–Trinajstić information content (AvgIpc) is 2.62. The van der Waals surface area contributed by atoms with E-state index in [1.807, 2.05) is 18.5 Å². The first kappa shape index (κ1) is 9.34. The molecule has 0 aromatic carbocycles. The molecular formula is C13H18N2. The van der Waals surface area contributed by atoms with E-state index in [1.165, 1.54) is 44.2 Å². The van der Waals surface area contributed by atoms with Crippen LogP contribution in [-0.2, 0) is 6.54 Å². The zero-order valence-electron chi connectivity index (χ0n) is 9.15. The minimum Gasteiger partial charge on any atom is -0.293 e. The van der Waals surface area contributed by atoms with Gasteiger partial charge in [0.2, 0.25) is 0 Å². The third-order valence-corrected chi connectivity index (χ3v) is 4.12. The molecule has 0 amide bonds. The number of pyridine rings is 1. The molecule has 0 bridgehead atoms. The summed E-state index contributed by atoms with van der Waals surface area (Å²) in [5, 5.41) is 0. The molecule has 1 aromatic heterocycles. The number of rotatable bonds is 2. The van der Waals surface area contributed by atoms with Crippen molar-refractivity contribution >= 4 is 0 Å². The SMILES string of the molecule is c1cncc(CN2CCCC23CCC3)c1. The first-order chi connectivity index (χ1) is 7.39. The van der Waals surface area contributed by atoms with Gasteiger partial charge in [0.25, 0.3) is 0 Å². The van der Waals surface area contributed by atoms with Crippen molar-refractivity contribution < 1.29 is 0 Å². The minimum absolute atomic E-state index is 0.593. The zero-order chi connectivity index (χ0) is 10.1. The Balaban J connectivity index is 1.73. The Labute approximate surface area is 91.3 Å². The molecule has 3 rings (SSSR count). The van der Waals surface area contributed by atoms with E-state index < -0.39 is 0 Å². The Morgan fingerprint density at radius 1 is 1.27 bits per heavy atom. The lowest BCUT2D eigenvalue weighted by Crippen LogP contribution is -2.48. The summed E-state index contributed by atoms with van der Waals surface area (Å²) in [6, 6.07) is 4.23. The maximum absolute atomic E-state index is 4.19. The standard InChI is InChI=1S/C13H18N2/c1-4-12(10-14-8-1)11-15-9-3-7-13(15)5-2-6-13/h1,4,8,10H,2-3,5-7,9,11H2. The summed E-state index contributed by atoms with van der Waals surface area (Å²) in [5.74, 6) is 0. The smallest absolute Gasteiger partial charge is 0.0312 e. The van der Waals surface area contributed by atoms with E-state index in [9.17, 15) is 0 Å². The predicted molar refractivity (Wildman–Crippen MR) is 60.5 cm³/mol. The number of aromatic nitrogens is 1. The molecule has 0 atom stereocenters. The quantitative estimate of drug-likeness (QED) is 0.733. The van der Waals surface area contributed by atoms with Crippen LogP contribution in [0.4, 0.5) is 0 Å². The molecule has 80 valence electrons. The summed E-state index contributed by atoms with van der Waals surface area (Å²) < 4.78 is 0. The summed E-state index contributed by atoms with van der Waals surface area (Å²) in [4.78, 5) is 6.88. The fourth-order valence-electron chi connectivity index (χ4n) is 3.10. The summed E-state index contributed by atoms with van der Waals surface area (Å²) in [7, 11) is 0. The van der Waals surface area contributed by atoms with E-state index in [-0.39, 0.29) is 0 Å². The van der Waals surface area contributed by atoms with Crippen LogP contribution in [0.15, 0.2) is 24.5 Å². The Bertz CT molecular complexity index is 330. The van der Waals surface area contributed by atoms with Crippen LogP contribution in [0.25, 0.3) is 0 Å².